The quantitative estimate of drug-likeness (QED) is 0.744. The van der Waals surface area contributed by atoms with Gasteiger partial charge in [-0.25, -0.2) is 4.79 Å². The Morgan fingerprint density at radius 3 is 2.61 bits per heavy atom. The third-order valence-electron chi connectivity index (χ3n) is 3.30. The minimum atomic E-state index is -0.739. The molecule has 116 valence electrons. The van der Waals surface area contributed by atoms with E-state index >= 15 is 0 Å². The van der Waals surface area contributed by atoms with Crippen LogP contribution in [-0.2, 0) is 0 Å². The van der Waals surface area contributed by atoms with Crippen molar-refractivity contribution in [3.63, 3.8) is 0 Å². The fourth-order valence-electron chi connectivity index (χ4n) is 2.14. The van der Waals surface area contributed by atoms with Crippen LogP contribution in [0.1, 0.15) is 10.4 Å². The summed E-state index contributed by atoms with van der Waals surface area (Å²) < 4.78 is 10.2. The summed E-state index contributed by atoms with van der Waals surface area (Å²) in [5.41, 5.74) is -0.0197. The molecule has 1 aromatic heterocycles. The first kappa shape index (κ1) is 15.1. The van der Waals surface area contributed by atoms with Gasteiger partial charge < -0.3 is 14.5 Å². The normalized spacial score (nSPS) is 10.5. The SMILES string of the molecule is COc1ccc(NC(=O)c2cc3cccc(Cl)c3oc2=O)cc1. The molecule has 0 radical (unpaired) electrons. The highest BCUT2D eigenvalue weighted by Crippen LogP contribution is 2.23. The van der Waals surface area contributed by atoms with Gasteiger partial charge in [-0.3, -0.25) is 4.79 Å². The minimum absolute atomic E-state index is 0.0874. The van der Waals surface area contributed by atoms with Crippen LogP contribution >= 0.6 is 11.6 Å². The Hall–Kier alpha value is -2.79. The molecule has 1 N–H and O–H groups in total. The molecule has 0 aliphatic heterocycles. The summed E-state index contributed by atoms with van der Waals surface area (Å²) >= 11 is 5.97. The van der Waals surface area contributed by atoms with Crippen molar-refractivity contribution in [3.05, 3.63) is 69.5 Å². The zero-order chi connectivity index (χ0) is 16.4. The maximum absolute atomic E-state index is 12.3. The number of fused-ring (bicyclic) bond motifs is 1. The second-order valence-electron chi connectivity index (χ2n) is 4.79. The van der Waals surface area contributed by atoms with Gasteiger partial charge in [0.05, 0.1) is 12.1 Å². The lowest BCUT2D eigenvalue weighted by molar-refractivity contribution is 0.102. The maximum atomic E-state index is 12.3. The van der Waals surface area contributed by atoms with Crippen molar-refractivity contribution in [2.45, 2.75) is 0 Å². The minimum Gasteiger partial charge on any atom is -0.497 e. The molecule has 2 aromatic carbocycles. The van der Waals surface area contributed by atoms with E-state index in [0.29, 0.717) is 21.8 Å². The molecule has 0 saturated carbocycles. The van der Waals surface area contributed by atoms with Gasteiger partial charge in [0.25, 0.3) is 5.91 Å². The lowest BCUT2D eigenvalue weighted by atomic mass is 10.1. The van der Waals surface area contributed by atoms with Crippen LogP contribution in [0.2, 0.25) is 5.02 Å². The highest BCUT2D eigenvalue weighted by Gasteiger charge is 2.15. The molecule has 0 spiro atoms. The van der Waals surface area contributed by atoms with E-state index in [4.69, 9.17) is 20.8 Å². The topological polar surface area (TPSA) is 68.5 Å². The van der Waals surface area contributed by atoms with Crippen LogP contribution in [0.25, 0.3) is 11.0 Å². The van der Waals surface area contributed by atoms with E-state index in [9.17, 15) is 9.59 Å². The summed E-state index contributed by atoms with van der Waals surface area (Å²) in [5.74, 6) is 0.119. The lowest BCUT2D eigenvalue weighted by Crippen LogP contribution is -2.20. The molecule has 23 heavy (non-hydrogen) atoms. The zero-order valence-corrected chi connectivity index (χ0v) is 12.9. The highest BCUT2D eigenvalue weighted by atomic mass is 35.5. The Labute approximate surface area is 136 Å². The maximum Gasteiger partial charge on any atom is 0.349 e. The highest BCUT2D eigenvalue weighted by molar-refractivity contribution is 6.34. The van der Waals surface area contributed by atoms with E-state index in [2.05, 4.69) is 5.32 Å². The number of anilines is 1. The van der Waals surface area contributed by atoms with Gasteiger partial charge in [0.2, 0.25) is 0 Å². The van der Waals surface area contributed by atoms with Crippen LogP contribution in [0.4, 0.5) is 5.69 Å². The molecular formula is C17H12ClNO4. The van der Waals surface area contributed by atoms with Gasteiger partial charge in [0.1, 0.15) is 11.3 Å². The number of rotatable bonds is 3. The van der Waals surface area contributed by atoms with Crippen LogP contribution in [0.5, 0.6) is 5.75 Å². The molecule has 1 amide bonds. The van der Waals surface area contributed by atoms with Gasteiger partial charge >= 0.3 is 5.63 Å². The predicted octanol–water partition coefficient (Wildman–Crippen LogP) is 3.71. The summed E-state index contributed by atoms with van der Waals surface area (Å²) in [6.07, 6.45) is 0. The molecule has 3 aromatic rings. The fourth-order valence-corrected chi connectivity index (χ4v) is 2.36. The summed E-state index contributed by atoms with van der Waals surface area (Å²) in [7, 11) is 1.55. The van der Waals surface area contributed by atoms with Crippen molar-refractivity contribution < 1.29 is 13.9 Å². The van der Waals surface area contributed by atoms with E-state index in [1.807, 2.05) is 0 Å². The average Bonchev–Trinajstić information content (AvgIpc) is 2.56. The first-order chi connectivity index (χ1) is 11.1. The Balaban J connectivity index is 1.94. The van der Waals surface area contributed by atoms with E-state index < -0.39 is 11.5 Å². The summed E-state index contributed by atoms with van der Waals surface area (Å²) in [6.45, 7) is 0. The molecule has 0 unspecified atom stereocenters. The molecule has 0 fully saturated rings. The number of methoxy groups -OCH3 is 1. The largest absolute Gasteiger partial charge is 0.497 e. The van der Waals surface area contributed by atoms with Gasteiger partial charge in [-0.15, -0.1) is 0 Å². The summed E-state index contributed by atoms with van der Waals surface area (Å²) in [4.78, 5) is 24.3. The van der Waals surface area contributed by atoms with Gasteiger partial charge in [-0.1, -0.05) is 23.7 Å². The van der Waals surface area contributed by atoms with Crippen molar-refractivity contribution in [1.29, 1.82) is 0 Å². The second kappa shape index (κ2) is 6.14. The molecule has 0 aliphatic carbocycles. The molecule has 6 heteroatoms. The number of para-hydroxylation sites is 1. The number of ether oxygens (including phenoxy) is 1. The number of hydrogen-bond donors (Lipinski definition) is 1. The Morgan fingerprint density at radius 1 is 1.17 bits per heavy atom. The third-order valence-corrected chi connectivity index (χ3v) is 3.60. The lowest BCUT2D eigenvalue weighted by Gasteiger charge is -2.06. The van der Waals surface area contributed by atoms with Crippen molar-refractivity contribution in [2.75, 3.05) is 12.4 Å². The van der Waals surface area contributed by atoms with Crippen LogP contribution in [0.15, 0.2) is 57.7 Å². The van der Waals surface area contributed by atoms with Crippen molar-refractivity contribution in [3.8, 4) is 5.75 Å². The molecule has 0 bridgehead atoms. The summed E-state index contributed by atoms with van der Waals surface area (Å²) in [5, 5.41) is 3.54. The van der Waals surface area contributed by atoms with Gasteiger partial charge in [-0.2, -0.15) is 0 Å². The average molecular weight is 330 g/mol. The van der Waals surface area contributed by atoms with Crippen molar-refractivity contribution in [2.24, 2.45) is 0 Å². The number of amides is 1. The number of carbonyl (C=O) groups is 1. The molecule has 0 aliphatic rings. The summed E-state index contributed by atoms with van der Waals surface area (Å²) in [6, 6.07) is 13.3. The van der Waals surface area contributed by atoms with Crippen molar-refractivity contribution in [1.82, 2.24) is 0 Å². The fraction of sp³-hybridized carbons (Fsp3) is 0.0588. The first-order valence-electron chi connectivity index (χ1n) is 6.76. The van der Waals surface area contributed by atoms with E-state index in [1.54, 1.807) is 49.6 Å². The van der Waals surface area contributed by atoms with Crippen LogP contribution in [-0.4, -0.2) is 13.0 Å². The van der Waals surface area contributed by atoms with E-state index in [1.165, 1.54) is 6.07 Å². The van der Waals surface area contributed by atoms with E-state index in [-0.39, 0.29) is 11.1 Å². The monoisotopic (exact) mass is 329 g/mol. The number of halogens is 1. The van der Waals surface area contributed by atoms with Crippen LogP contribution in [0, 0.1) is 0 Å². The molecule has 3 rings (SSSR count). The number of hydrogen-bond acceptors (Lipinski definition) is 4. The zero-order valence-electron chi connectivity index (χ0n) is 12.1. The number of nitrogens with one attached hydrogen (secondary N) is 1. The molecule has 0 saturated heterocycles. The second-order valence-corrected chi connectivity index (χ2v) is 5.20. The Morgan fingerprint density at radius 2 is 1.91 bits per heavy atom. The Bertz CT molecular complexity index is 931. The molecule has 0 atom stereocenters. The van der Waals surface area contributed by atoms with E-state index in [0.717, 1.165) is 0 Å². The van der Waals surface area contributed by atoms with Gasteiger partial charge in [-0.05, 0) is 36.4 Å². The standard InChI is InChI=1S/C17H12ClNO4/c1-22-12-7-5-11(6-8-12)19-16(20)13-9-10-3-2-4-14(18)15(10)23-17(13)21/h2-9H,1H3,(H,19,20). The smallest absolute Gasteiger partial charge is 0.349 e. The third kappa shape index (κ3) is 3.05. The van der Waals surface area contributed by atoms with Crippen LogP contribution < -0.4 is 15.7 Å². The number of carbonyl (C=O) groups excluding carboxylic acids is 1. The first-order valence-corrected chi connectivity index (χ1v) is 7.14. The number of benzene rings is 2. The van der Waals surface area contributed by atoms with Crippen molar-refractivity contribution >= 4 is 34.2 Å². The molecule has 1 heterocycles. The molecular weight excluding hydrogens is 318 g/mol. The van der Waals surface area contributed by atoms with Gasteiger partial charge in [0.15, 0.2) is 5.58 Å². The molecule has 5 nitrogen and oxygen atoms in total. The van der Waals surface area contributed by atoms with Crippen LogP contribution in [0.3, 0.4) is 0 Å². The van der Waals surface area contributed by atoms with Gasteiger partial charge in [0, 0.05) is 11.1 Å². The predicted molar refractivity (Wildman–Crippen MR) is 88.4 cm³/mol. The Kier molecular flexibility index (Phi) is 4.04.